The number of carbonyl (C=O) groups is 1. The van der Waals surface area contributed by atoms with Gasteiger partial charge in [-0.25, -0.2) is 4.79 Å². The SMILES string of the molecule is Cc1cc(NC(=O)Nc2ccc(O)c(O)c2)ccc1O. The first-order chi connectivity index (χ1) is 9.45. The number of phenols is 3. The maximum absolute atomic E-state index is 11.7. The summed E-state index contributed by atoms with van der Waals surface area (Å²) in [6.45, 7) is 1.72. The fourth-order valence-electron chi connectivity index (χ4n) is 1.63. The molecule has 0 aliphatic heterocycles. The molecule has 6 heteroatoms. The maximum Gasteiger partial charge on any atom is 0.323 e. The number of hydrogen-bond acceptors (Lipinski definition) is 4. The van der Waals surface area contributed by atoms with Crippen molar-refractivity contribution in [3.8, 4) is 17.2 Å². The fourth-order valence-corrected chi connectivity index (χ4v) is 1.63. The van der Waals surface area contributed by atoms with Gasteiger partial charge >= 0.3 is 6.03 Å². The van der Waals surface area contributed by atoms with Crippen LogP contribution in [0.3, 0.4) is 0 Å². The molecule has 0 spiro atoms. The van der Waals surface area contributed by atoms with Crippen molar-refractivity contribution in [2.75, 3.05) is 10.6 Å². The van der Waals surface area contributed by atoms with Crippen LogP contribution in [0.25, 0.3) is 0 Å². The van der Waals surface area contributed by atoms with Crippen LogP contribution in [-0.4, -0.2) is 21.4 Å². The van der Waals surface area contributed by atoms with Crippen LogP contribution in [-0.2, 0) is 0 Å². The van der Waals surface area contributed by atoms with Gasteiger partial charge in [0.2, 0.25) is 0 Å². The summed E-state index contributed by atoms with van der Waals surface area (Å²) >= 11 is 0. The molecule has 20 heavy (non-hydrogen) atoms. The zero-order valence-electron chi connectivity index (χ0n) is 10.7. The topological polar surface area (TPSA) is 102 Å². The van der Waals surface area contributed by atoms with E-state index in [1.807, 2.05) is 0 Å². The summed E-state index contributed by atoms with van der Waals surface area (Å²) in [5.74, 6) is -0.423. The van der Waals surface area contributed by atoms with Gasteiger partial charge < -0.3 is 26.0 Å². The number of phenolic OH excluding ortho intramolecular Hbond substituents is 3. The molecule has 2 aromatic rings. The molecule has 0 aliphatic carbocycles. The summed E-state index contributed by atoms with van der Waals surface area (Å²) in [7, 11) is 0. The average molecular weight is 274 g/mol. The highest BCUT2D eigenvalue weighted by Crippen LogP contribution is 2.27. The summed E-state index contributed by atoms with van der Waals surface area (Å²) in [4.78, 5) is 11.7. The standard InChI is InChI=1S/C14H14N2O4/c1-8-6-9(2-4-11(8)17)15-14(20)16-10-3-5-12(18)13(19)7-10/h2-7,17-19H,1H3,(H2,15,16,20). The van der Waals surface area contributed by atoms with Crippen molar-refractivity contribution < 1.29 is 20.1 Å². The molecule has 5 N–H and O–H groups in total. The molecule has 0 bridgehead atoms. The second-order valence-electron chi connectivity index (χ2n) is 4.28. The molecule has 2 amide bonds. The lowest BCUT2D eigenvalue weighted by Gasteiger charge is -2.09. The van der Waals surface area contributed by atoms with Crippen molar-refractivity contribution >= 4 is 17.4 Å². The van der Waals surface area contributed by atoms with E-state index >= 15 is 0 Å². The Morgan fingerprint density at radius 2 is 1.40 bits per heavy atom. The van der Waals surface area contributed by atoms with E-state index in [1.54, 1.807) is 19.1 Å². The Labute approximate surface area is 115 Å². The van der Waals surface area contributed by atoms with Crippen molar-refractivity contribution in [3.63, 3.8) is 0 Å². The van der Waals surface area contributed by atoms with Crippen LogP contribution in [0, 0.1) is 6.92 Å². The van der Waals surface area contributed by atoms with E-state index in [1.165, 1.54) is 24.3 Å². The first-order valence-corrected chi connectivity index (χ1v) is 5.85. The van der Waals surface area contributed by atoms with Crippen molar-refractivity contribution in [1.82, 2.24) is 0 Å². The molecule has 0 unspecified atom stereocenters. The highest BCUT2D eigenvalue weighted by Gasteiger charge is 2.06. The van der Waals surface area contributed by atoms with Crippen LogP contribution in [0.4, 0.5) is 16.2 Å². The van der Waals surface area contributed by atoms with Gasteiger partial charge in [0.1, 0.15) is 5.75 Å². The highest BCUT2D eigenvalue weighted by molar-refractivity contribution is 6.00. The number of amides is 2. The minimum atomic E-state index is -0.500. The molecule has 104 valence electrons. The third-order valence-electron chi connectivity index (χ3n) is 2.69. The lowest BCUT2D eigenvalue weighted by atomic mass is 10.2. The molecular weight excluding hydrogens is 260 g/mol. The van der Waals surface area contributed by atoms with Gasteiger partial charge in [-0.2, -0.15) is 0 Å². The zero-order valence-corrected chi connectivity index (χ0v) is 10.7. The van der Waals surface area contributed by atoms with E-state index in [9.17, 15) is 15.0 Å². The predicted molar refractivity (Wildman–Crippen MR) is 75.3 cm³/mol. The van der Waals surface area contributed by atoms with E-state index in [-0.39, 0.29) is 17.2 Å². The Bertz CT molecular complexity index is 600. The second kappa shape index (κ2) is 5.40. The van der Waals surface area contributed by atoms with Gasteiger partial charge in [0.15, 0.2) is 11.5 Å². The molecule has 0 aromatic heterocycles. The van der Waals surface area contributed by atoms with Gasteiger partial charge in [-0.05, 0) is 42.8 Å². The number of aromatic hydroxyl groups is 3. The van der Waals surface area contributed by atoms with Crippen LogP contribution in [0.15, 0.2) is 36.4 Å². The van der Waals surface area contributed by atoms with Crippen molar-refractivity contribution in [2.24, 2.45) is 0 Å². The van der Waals surface area contributed by atoms with Crippen molar-refractivity contribution in [2.45, 2.75) is 6.92 Å². The van der Waals surface area contributed by atoms with Crippen LogP contribution in [0.5, 0.6) is 17.2 Å². The summed E-state index contributed by atoms with van der Waals surface area (Å²) in [6, 6.07) is 8.14. The number of hydrogen-bond donors (Lipinski definition) is 5. The number of carbonyl (C=O) groups excluding carboxylic acids is 1. The van der Waals surface area contributed by atoms with Gasteiger partial charge in [-0.1, -0.05) is 0 Å². The van der Waals surface area contributed by atoms with E-state index < -0.39 is 6.03 Å². The molecular formula is C14H14N2O4. The molecule has 2 rings (SSSR count). The Kier molecular flexibility index (Phi) is 3.65. The smallest absolute Gasteiger partial charge is 0.323 e. The van der Waals surface area contributed by atoms with Gasteiger partial charge in [0.25, 0.3) is 0 Å². The van der Waals surface area contributed by atoms with Crippen molar-refractivity contribution in [1.29, 1.82) is 0 Å². The van der Waals surface area contributed by atoms with E-state index in [0.29, 0.717) is 16.9 Å². The van der Waals surface area contributed by atoms with Gasteiger partial charge in [0, 0.05) is 17.4 Å². The number of benzene rings is 2. The lowest BCUT2D eigenvalue weighted by Crippen LogP contribution is -2.19. The maximum atomic E-state index is 11.7. The highest BCUT2D eigenvalue weighted by atomic mass is 16.3. The van der Waals surface area contributed by atoms with Crippen molar-refractivity contribution in [3.05, 3.63) is 42.0 Å². The summed E-state index contributed by atoms with van der Waals surface area (Å²) in [5, 5.41) is 33.0. The monoisotopic (exact) mass is 274 g/mol. The third-order valence-corrected chi connectivity index (χ3v) is 2.69. The Balaban J connectivity index is 2.04. The quantitative estimate of drug-likeness (QED) is 0.429. The molecule has 2 aromatic carbocycles. The van der Waals surface area contributed by atoms with Crippen LogP contribution in [0.1, 0.15) is 5.56 Å². The summed E-state index contributed by atoms with van der Waals surface area (Å²) in [6.07, 6.45) is 0. The van der Waals surface area contributed by atoms with Crippen LogP contribution >= 0.6 is 0 Å². The molecule has 0 saturated carbocycles. The largest absolute Gasteiger partial charge is 0.508 e. The average Bonchev–Trinajstić information content (AvgIpc) is 2.38. The summed E-state index contributed by atoms with van der Waals surface area (Å²) in [5.41, 5.74) is 1.51. The number of anilines is 2. The first kappa shape index (κ1) is 13.5. The van der Waals surface area contributed by atoms with E-state index in [0.717, 1.165) is 0 Å². The minimum Gasteiger partial charge on any atom is -0.508 e. The number of nitrogens with one attached hydrogen (secondary N) is 2. The lowest BCUT2D eigenvalue weighted by molar-refractivity contribution is 0.262. The minimum absolute atomic E-state index is 0.152. The first-order valence-electron chi connectivity index (χ1n) is 5.85. The molecule has 0 aliphatic rings. The Hall–Kier alpha value is -2.89. The third kappa shape index (κ3) is 3.11. The van der Waals surface area contributed by atoms with Gasteiger partial charge in [0.05, 0.1) is 0 Å². The van der Waals surface area contributed by atoms with Gasteiger partial charge in [-0.3, -0.25) is 0 Å². The normalized spacial score (nSPS) is 10.1. The number of urea groups is 1. The van der Waals surface area contributed by atoms with E-state index in [2.05, 4.69) is 10.6 Å². The van der Waals surface area contributed by atoms with Crippen LogP contribution in [0.2, 0.25) is 0 Å². The molecule has 6 nitrogen and oxygen atoms in total. The number of rotatable bonds is 2. The molecule has 0 atom stereocenters. The Morgan fingerprint density at radius 3 is 1.95 bits per heavy atom. The van der Waals surface area contributed by atoms with Crippen LogP contribution < -0.4 is 10.6 Å². The zero-order chi connectivity index (χ0) is 14.7. The molecule has 0 radical (unpaired) electrons. The van der Waals surface area contributed by atoms with Gasteiger partial charge in [-0.15, -0.1) is 0 Å². The molecule has 0 heterocycles. The summed E-state index contributed by atoms with van der Waals surface area (Å²) < 4.78 is 0. The van der Waals surface area contributed by atoms with E-state index in [4.69, 9.17) is 5.11 Å². The Morgan fingerprint density at radius 1 is 0.850 bits per heavy atom. The second-order valence-corrected chi connectivity index (χ2v) is 4.28. The predicted octanol–water partition coefficient (Wildman–Crippen LogP) is 2.76. The fraction of sp³-hybridized carbons (Fsp3) is 0.0714. The molecule has 0 fully saturated rings. The molecule has 0 saturated heterocycles. The number of aryl methyl sites for hydroxylation is 1.